The Morgan fingerprint density at radius 1 is 1.06 bits per heavy atom. The number of hydrogen-bond acceptors (Lipinski definition) is 6. The van der Waals surface area contributed by atoms with Crippen LogP contribution in [0.25, 0.3) is 0 Å². The van der Waals surface area contributed by atoms with E-state index in [1.807, 2.05) is 6.92 Å². The van der Waals surface area contributed by atoms with Gasteiger partial charge in [-0.2, -0.15) is 0 Å². The maximum Gasteiger partial charge on any atom is 0.344 e. The van der Waals surface area contributed by atoms with E-state index in [1.165, 1.54) is 6.92 Å². The van der Waals surface area contributed by atoms with Crippen molar-refractivity contribution >= 4 is 17.9 Å². The second-order valence-electron chi connectivity index (χ2n) is 3.38. The molecule has 0 aromatic rings. The summed E-state index contributed by atoms with van der Waals surface area (Å²) in [5.41, 5.74) is 0.115. The molecule has 0 aliphatic rings. The highest BCUT2D eigenvalue weighted by Crippen LogP contribution is 1.98. The Morgan fingerprint density at radius 3 is 2.28 bits per heavy atom. The molecule has 0 aliphatic carbocycles. The zero-order valence-electron chi connectivity index (χ0n) is 10.9. The molecule has 0 aliphatic heterocycles. The Hall–Kier alpha value is -1.85. The SMILES string of the molecule is CCCOC(=O)COC(=O)/C=C(/C)C(=O)OCC. The fourth-order valence-electron chi connectivity index (χ4n) is 0.910. The van der Waals surface area contributed by atoms with Crippen LogP contribution in [-0.2, 0) is 28.6 Å². The number of ether oxygens (including phenoxy) is 3. The minimum atomic E-state index is -0.783. The molecule has 6 heteroatoms. The molecule has 0 aromatic carbocycles. The van der Waals surface area contributed by atoms with Gasteiger partial charge in [0.15, 0.2) is 6.61 Å². The van der Waals surface area contributed by atoms with Gasteiger partial charge in [0.2, 0.25) is 0 Å². The highest BCUT2D eigenvalue weighted by Gasteiger charge is 2.10. The molecule has 0 rings (SSSR count). The van der Waals surface area contributed by atoms with E-state index in [-0.39, 0.29) is 18.8 Å². The van der Waals surface area contributed by atoms with Crippen molar-refractivity contribution in [2.45, 2.75) is 27.2 Å². The van der Waals surface area contributed by atoms with Gasteiger partial charge in [-0.05, 0) is 20.3 Å². The van der Waals surface area contributed by atoms with Crippen molar-refractivity contribution < 1.29 is 28.6 Å². The molecule has 0 saturated heterocycles. The van der Waals surface area contributed by atoms with Gasteiger partial charge in [0.1, 0.15) is 0 Å². The normalized spacial score (nSPS) is 10.7. The van der Waals surface area contributed by atoms with Gasteiger partial charge in [-0.3, -0.25) is 0 Å². The van der Waals surface area contributed by atoms with Gasteiger partial charge in [-0.25, -0.2) is 14.4 Å². The van der Waals surface area contributed by atoms with Crippen LogP contribution in [0.2, 0.25) is 0 Å². The molecule has 0 saturated carbocycles. The van der Waals surface area contributed by atoms with E-state index in [0.717, 1.165) is 6.08 Å². The summed E-state index contributed by atoms with van der Waals surface area (Å²) in [5.74, 6) is -2.00. The maximum atomic E-state index is 11.2. The van der Waals surface area contributed by atoms with Crippen LogP contribution in [0.4, 0.5) is 0 Å². The molecule has 6 nitrogen and oxygen atoms in total. The minimum absolute atomic E-state index is 0.115. The quantitative estimate of drug-likeness (QED) is 0.385. The van der Waals surface area contributed by atoms with Crippen molar-refractivity contribution in [3.05, 3.63) is 11.6 Å². The summed E-state index contributed by atoms with van der Waals surface area (Å²) < 4.78 is 14.0. The Kier molecular flexibility index (Phi) is 8.26. The molecule has 0 N–H and O–H groups in total. The zero-order valence-corrected chi connectivity index (χ0v) is 10.9. The van der Waals surface area contributed by atoms with Gasteiger partial charge in [-0.15, -0.1) is 0 Å². The molecule has 0 heterocycles. The Morgan fingerprint density at radius 2 is 1.72 bits per heavy atom. The lowest BCUT2D eigenvalue weighted by Crippen LogP contribution is -2.16. The Bertz CT molecular complexity index is 331. The Balaban J connectivity index is 4.06. The summed E-state index contributed by atoms with van der Waals surface area (Å²) in [6.07, 6.45) is 1.67. The van der Waals surface area contributed by atoms with Crippen molar-refractivity contribution in [3.8, 4) is 0 Å². The largest absolute Gasteiger partial charge is 0.463 e. The summed E-state index contributed by atoms with van der Waals surface area (Å²) in [4.78, 5) is 33.4. The molecule has 0 aromatic heterocycles. The van der Waals surface area contributed by atoms with E-state index in [2.05, 4.69) is 9.47 Å². The third-order valence-electron chi connectivity index (χ3n) is 1.73. The van der Waals surface area contributed by atoms with E-state index >= 15 is 0 Å². The van der Waals surface area contributed by atoms with Crippen LogP contribution in [-0.4, -0.2) is 37.7 Å². The van der Waals surface area contributed by atoms with Crippen molar-refractivity contribution in [3.63, 3.8) is 0 Å². The van der Waals surface area contributed by atoms with Crippen LogP contribution in [0.15, 0.2) is 11.6 Å². The smallest absolute Gasteiger partial charge is 0.344 e. The molecule has 18 heavy (non-hydrogen) atoms. The third kappa shape index (κ3) is 7.43. The molecule has 0 spiro atoms. The van der Waals surface area contributed by atoms with Crippen LogP contribution < -0.4 is 0 Å². The molecular formula is C12H18O6. The summed E-state index contributed by atoms with van der Waals surface area (Å²) in [7, 11) is 0. The number of rotatable bonds is 7. The number of hydrogen-bond donors (Lipinski definition) is 0. The first-order valence-electron chi connectivity index (χ1n) is 5.69. The number of carbonyl (C=O) groups is 3. The van der Waals surface area contributed by atoms with Crippen LogP contribution in [0, 0.1) is 0 Å². The van der Waals surface area contributed by atoms with Gasteiger partial charge < -0.3 is 14.2 Å². The van der Waals surface area contributed by atoms with E-state index < -0.39 is 24.5 Å². The van der Waals surface area contributed by atoms with Crippen LogP contribution >= 0.6 is 0 Å². The first kappa shape index (κ1) is 16.1. The molecule has 102 valence electrons. The van der Waals surface area contributed by atoms with Gasteiger partial charge >= 0.3 is 17.9 Å². The first-order valence-corrected chi connectivity index (χ1v) is 5.69. The maximum absolute atomic E-state index is 11.2. The van der Waals surface area contributed by atoms with Crippen molar-refractivity contribution in [1.82, 2.24) is 0 Å². The van der Waals surface area contributed by atoms with E-state index in [1.54, 1.807) is 6.92 Å². The average molecular weight is 258 g/mol. The number of esters is 3. The lowest BCUT2D eigenvalue weighted by atomic mass is 10.3. The van der Waals surface area contributed by atoms with Crippen molar-refractivity contribution in [2.24, 2.45) is 0 Å². The van der Waals surface area contributed by atoms with Crippen molar-refractivity contribution in [1.29, 1.82) is 0 Å². The van der Waals surface area contributed by atoms with Crippen molar-refractivity contribution in [2.75, 3.05) is 19.8 Å². The van der Waals surface area contributed by atoms with Crippen LogP contribution in [0.5, 0.6) is 0 Å². The molecule has 0 amide bonds. The standard InChI is InChI=1S/C12H18O6/c1-4-6-17-11(14)8-18-10(13)7-9(3)12(15)16-5-2/h7H,4-6,8H2,1-3H3/b9-7-. The Labute approximate surface area is 106 Å². The second-order valence-corrected chi connectivity index (χ2v) is 3.38. The first-order chi connectivity index (χ1) is 8.51. The lowest BCUT2D eigenvalue weighted by molar-refractivity contribution is -0.156. The van der Waals surface area contributed by atoms with Gasteiger partial charge in [0.25, 0.3) is 0 Å². The molecule has 0 unspecified atom stereocenters. The minimum Gasteiger partial charge on any atom is -0.463 e. The topological polar surface area (TPSA) is 78.9 Å². The van der Waals surface area contributed by atoms with E-state index in [4.69, 9.17) is 4.74 Å². The summed E-state index contributed by atoms with van der Waals surface area (Å²) in [6.45, 7) is 4.98. The summed E-state index contributed by atoms with van der Waals surface area (Å²) in [5, 5.41) is 0. The summed E-state index contributed by atoms with van der Waals surface area (Å²) in [6, 6.07) is 0. The molecule has 0 fully saturated rings. The molecule has 0 atom stereocenters. The monoisotopic (exact) mass is 258 g/mol. The predicted molar refractivity (Wildman–Crippen MR) is 62.6 cm³/mol. The van der Waals surface area contributed by atoms with Gasteiger partial charge in [-0.1, -0.05) is 6.92 Å². The van der Waals surface area contributed by atoms with Crippen LogP contribution in [0.1, 0.15) is 27.2 Å². The molecule has 0 bridgehead atoms. The predicted octanol–water partition coefficient (Wildman–Crippen LogP) is 0.992. The average Bonchev–Trinajstić information content (AvgIpc) is 2.34. The third-order valence-corrected chi connectivity index (χ3v) is 1.73. The van der Waals surface area contributed by atoms with Gasteiger partial charge in [0.05, 0.1) is 13.2 Å². The van der Waals surface area contributed by atoms with Gasteiger partial charge in [0, 0.05) is 11.6 Å². The zero-order chi connectivity index (χ0) is 14.0. The lowest BCUT2D eigenvalue weighted by Gasteiger charge is -2.04. The van der Waals surface area contributed by atoms with Crippen LogP contribution in [0.3, 0.4) is 0 Å². The number of carbonyl (C=O) groups excluding carboxylic acids is 3. The second kappa shape index (κ2) is 9.21. The van der Waals surface area contributed by atoms with E-state index in [9.17, 15) is 14.4 Å². The fraction of sp³-hybridized carbons (Fsp3) is 0.583. The molecular weight excluding hydrogens is 240 g/mol. The summed E-state index contributed by atoms with van der Waals surface area (Å²) >= 11 is 0. The molecule has 0 radical (unpaired) electrons. The van der Waals surface area contributed by atoms with E-state index in [0.29, 0.717) is 6.42 Å². The highest BCUT2D eigenvalue weighted by atomic mass is 16.6. The highest BCUT2D eigenvalue weighted by molar-refractivity contribution is 5.96. The fourth-order valence-corrected chi connectivity index (χ4v) is 0.910.